The average Bonchev–Trinajstić information content (AvgIpc) is 2.33. The zero-order chi connectivity index (χ0) is 14.7. The standard InChI is InChI=1S/C14H32N4S/c1-7-15-14(17-9-11-19-6)16-8-10-18(12(2)3)13(4)5/h12-13H,7-11H2,1-6H3,(H2,15,16,17). The molecule has 0 aliphatic rings. The van der Waals surface area contributed by atoms with E-state index in [1.165, 1.54) is 0 Å². The third kappa shape index (κ3) is 9.16. The predicted molar refractivity (Wildman–Crippen MR) is 89.3 cm³/mol. The van der Waals surface area contributed by atoms with E-state index in [1.807, 2.05) is 11.8 Å². The van der Waals surface area contributed by atoms with Crippen LogP contribution in [0.2, 0.25) is 0 Å². The first-order valence-corrected chi connectivity index (χ1v) is 8.69. The molecule has 0 aliphatic carbocycles. The van der Waals surface area contributed by atoms with E-state index in [2.05, 4.69) is 61.4 Å². The van der Waals surface area contributed by atoms with E-state index >= 15 is 0 Å². The number of rotatable bonds is 9. The van der Waals surface area contributed by atoms with Crippen LogP contribution in [0.25, 0.3) is 0 Å². The number of aliphatic imine (C=N–C) groups is 1. The summed E-state index contributed by atoms with van der Waals surface area (Å²) < 4.78 is 0. The summed E-state index contributed by atoms with van der Waals surface area (Å²) in [6.07, 6.45) is 2.12. The van der Waals surface area contributed by atoms with Crippen LogP contribution in [0.4, 0.5) is 0 Å². The first-order chi connectivity index (χ1) is 9.02. The number of guanidine groups is 1. The second-order valence-corrected chi connectivity index (χ2v) is 6.09. The minimum absolute atomic E-state index is 0.572. The van der Waals surface area contributed by atoms with E-state index in [0.717, 1.165) is 37.9 Å². The number of hydrogen-bond donors (Lipinski definition) is 2. The predicted octanol–water partition coefficient (Wildman–Crippen LogP) is 2.02. The molecule has 0 unspecified atom stereocenters. The lowest BCUT2D eigenvalue weighted by atomic mass is 10.2. The highest BCUT2D eigenvalue weighted by Crippen LogP contribution is 2.03. The van der Waals surface area contributed by atoms with Crippen molar-refractivity contribution >= 4 is 17.7 Å². The fourth-order valence-corrected chi connectivity index (χ4v) is 2.31. The van der Waals surface area contributed by atoms with E-state index in [4.69, 9.17) is 0 Å². The minimum Gasteiger partial charge on any atom is -0.357 e. The molecule has 2 N–H and O–H groups in total. The molecule has 0 aromatic rings. The average molecular weight is 289 g/mol. The molecule has 0 fully saturated rings. The van der Waals surface area contributed by atoms with Crippen molar-refractivity contribution in [3.8, 4) is 0 Å². The van der Waals surface area contributed by atoms with Crippen LogP contribution in [0, 0.1) is 0 Å². The van der Waals surface area contributed by atoms with Gasteiger partial charge in [-0.3, -0.25) is 9.89 Å². The quantitative estimate of drug-likeness (QED) is 0.387. The van der Waals surface area contributed by atoms with Crippen LogP contribution >= 0.6 is 11.8 Å². The monoisotopic (exact) mass is 288 g/mol. The molecule has 0 aliphatic heterocycles. The molecule has 114 valence electrons. The summed E-state index contributed by atoms with van der Waals surface area (Å²) in [5.74, 6) is 2.04. The molecular formula is C14H32N4S. The molecule has 5 heteroatoms. The van der Waals surface area contributed by atoms with Gasteiger partial charge in [-0.2, -0.15) is 11.8 Å². The van der Waals surface area contributed by atoms with E-state index < -0.39 is 0 Å². The largest absolute Gasteiger partial charge is 0.357 e. The normalized spacial score (nSPS) is 12.6. The van der Waals surface area contributed by atoms with Gasteiger partial charge < -0.3 is 10.6 Å². The molecular weight excluding hydrogens is 256 g/mol. The van der Waals surface area contributed by atoms with E-state index in [0.29, 0.717) is 12.1 Å². The number of nitrogens with zero attached hydrogens (tertiary/aromatic N) is 2. The zero-order valence-electron chi connectivity index (χ0n) is 13.5. The zero-order valence-corrected chi connectivity index (χ0v) is 14.3. The van der Waals surface area contributed by atoms with Crippen LogP contribution in [0.15, 0.2) is 4.99 Å². The van der Waals surface area contributed by atoms with Gasteiger partial charge in [0.2, 0.25) is 0 Å². The number of hydrogen-bond acceptors (Lipinski definition) is 3. The Morgan fingerprint density at radius 3 is 2.26 bits per heavy atom. The molecule has 0 spiro atoms. The second kappa shape index (κ2) is 11.4. The van der Waals surface area contributed by atoms with Crippen LogP contribution in [-0.4, -0.2) is 61.1 Å². The lowest BCUT2D eigenvalue weighted by Crippen LogP contribution is -2.41. The van der Waals surface area contributed by atoms with Crippen LogP contribution in [0.1, 0.15) is 34.6 Å². The fraction of sp³-hybridized carbons (Fsp3) is 0.929. The van der Waals surface area contributed by atoms with Crippen molar-refractivity contribution in [2.24, 2.45) is 4.99 Å². The van der Waals surface area contributed by atoms with Crippen molar-refractivity contribution in [3.05, 3.63) is 0 Å². The fourth-order valence-electron chi connectivity index (χ4n) is 2.00. The van der Waals surface area contributed by atoms with Crippen molar-refractivity contribution in [2.45, 2.75) is 46.7 Å². The Morgan fingerprint density at radius 1 is 1.16 bits per heavy atom. The van der Waals surface area contributed by atoms with E-state index in [1.54, 1.807) is 0 Å². The third-order valence-electron chi connectivity index (χ3n) is 2.90. The molecule has 4 nitrogen and oxygen atoms in total. The Morgan fingerprint density at radius 2 is 1.79 bits per heavy atom. The molecule has 0 bridgehead atoms. The Labute approximate surface area is 123 Å². The molecule has 0 aromatic carbocycles. The number of thioether (sulfide) groups is 1. The van der Waals surface area contributed by atoms with Crippen LogP contribution < -0.4 is 10.6 Å². The molecule has 0 heterocycles. The van der Waals surface area contributed by atoms with Gasteiger partial charge in [0.05, 0.1) is 6.54 Å². The van der Waals surface area contributed by atoms with E-state index in [9.17, 15) is 0 Å². The Hall–Kier alpha value is -0.420. The summed E-state index contributed by atoms with van der Waals surface area (Å²) in [5.41, 5.74) is 0. The van der Waals surface area contributed by atoms with Gasteiger partial charge in [0, 0.05) is 37.5 Å². The maximum atomic E-state index is 4.63. The SMILES string of the molecule is CCNC(=NCCN(C(C)C)C(C)C)NCCSC. The molecule has 19 heavy (non-hydrogen) atoms. The molecule has 0 aromatic heterocycles. The first-order valence-electron chi connectivity index (χ1n) is 7.29. The summed E-state index contributed by atoms with van der Waals surface area (Å²) in [7, 11) is 0. The van der Waals surface area contributed by atoms with Crippen molar-refractivity contribution in [2.75, 3.05) is 38.2 Å². The maximum Gasteiger partial charge on any atom is 0.191 e. The molecule has 0 amide bonds. The van der Waals surface area contributed by atoms with Gasteiger partial charge in [-0.25, -0.2) is 0 Å². The second-order valence-electron chi connectivity index (χ2n) is 5.11. The number of nitrogens with one attached hydrogen (secondary N) is 2. The Balaban J connectivity index is 4.20. The van der Waals surface area contributed by atoms with Gasteiger partial charge in [0.25, 0.3) is 0 Å². The molecule has 0 saturated carbocycles. The van der Waals surface area contributed by atoms with Gasteiger partial charge in [-0.1, -0.05) is 0 Å². The van der Waals surface area contributed by atoms with Crippen molar-refractivity contribution in [3.63, 3.8) is 0 Å². The van der Waals surface area contributed by atoms with Crippen LogP contribution in [0.5, 0.6) is 0 Å². The van der Waals surface area contributed by atoms with Crippen LogP contribution in [-0.2, 0) is 0 Å². The molecule has 0 radical (unpaired) electrons. The molecule has 0 atom stereocenters. The lowest BCUT2D eigenvalue weighted by molar-refractivity contribution is 0.181. The topological polar surface area (TPSA) is 39.7 Å². The summed E-state index contributed by atoms with van der Waals surface area (Å²) in [6, 6.07) is 1.14. The van der Waals surface area contributed by atoms with Gasteiger partial charge in [0.1, 0.15) is 0 Å². The minimum atomic E-state index is 0.572. The van der Waals surface area contributed by atoms with E-state index in [-0.39, 0.29) is 0 Å². The molecule has 0 saturated heterocycles. The van der Waals surface area contributed by atoms with Gasteiger partial charge in [-0.15, -0.1) is 0 Å². The summed E-state index contributed by atoms with van der Waals surface area (Å²) in [5, 5.41) is 6.64. The van der Waals surface area contributed by atoms with Crippen molar-refractivity contribution in [1.82, 2.24) is 15.5 Å². The Kier molecular flexibility index (Phi) is 11.2. The highest BCUT2D eigenvalue weighted by molar-refractivity contribution is 7.98. The van der Waals surface area contributed by atoms with Crippen LogP contribution in [0.3, 0.4) is 0 Å². The molecule has 0 rings (SSSR count). The van der Waals surface area contributed by atoms with Crippen molar-refractivity contribution in [1.29, 1.82) is 0 Å². The third-order valence-corrected chi connectivity index (χ3v) is 3.51. The maximum absolute atomic E-state index is 4.63. The lowest BCUT2D eigenvalue weighted by Gasteiger charge is -2.29. The van der Waals surface area contributed by atoms with Gasteiger partial charge in [0.15, 0.2) is 5.96 Å². The first kappa shape index (κ1) is 18.6. The van der Waals surface area contributed by atoms with Gasteiger partial charge >= 0.3 is 0 Å². The Bertz CT molecular complexity index is 234. The smallest absolute Gasteiger partial charge is 0.191 e. The summed E-state index contributed by atoms with van der Waals surface area (Å²) in [6.45, 7) is 14.8. The highest BCUT2D eigenvalue weighted by Gasteiger charge is 2.12. The highest BCUT2D eigenvalue weighted by atomic mass is 32.2. The summed E-state index contributed by atoms with van der Waals surface area (Å²) >= 11 is 1.84. The summed E-state index contributed by atoms with van der Waals surface area (Å²) in [4.78, 5) is 7.10. The van der Waals surface area contributed by atoms with Gasteiger partial charge in [-0.05, 0) is 40.9 Å². The van der Waals surface area contributed by atoms with Crippen molar-refractivity contribution < 1.29 is 0 Å².